The Morgan fingerprint density at radius 3 is 1.41 bits per heavy atom. The van der Waals surface area contributed by atoms with Crippen LogP contribution in [0.3, 0.4) is 0 Å². The summed E-state index contributed by atoms with van der Waals surface area (Å²) in [6, 6.07) is 40.2. The number of thiophene rings is 2. The van der Waals surface area contributed by atoms with Crippen LogP contribution in [0.4, 0.5) is 0 Å². The normalized spacial score (nSPS) is 12.3. The highest BCUT2D eigenvalue weighted by molar-refractivity contribution is 7.19. The van der Waals surface area contributed by atoms with Gasteiger partial charge in [0.05, 0.1) is 6.61 Å². The summed E-state index contributed by atoms with van der Waals surface area (Å²) >= 11 is 3.61. The molecule has 358 valence electrons. The Morgan fingerprint density at radius 1 is 0.522 bits per heavy atom. The summed E-state index contributed by atoms with van der Waals surface area (Å²) in [5, 5.41) is 0. The second-order valence-corrected chi connectivity index (χ2v) is 20.4. The minimum Gasteiger partial charge on any atom is -0.494 e. The maximum atomic E-state index is 13.0. The number of carbonyl (C=O) groups is 2. The summed E-state index contributed by atoms with van der Waals surface area (Å²) < 4.78 is 17.3. The van der Waals surface area contributed by atoms with Crippen molar-refractivity contribution >= 4 is 34.6 Å². The van der Waals surface area contributed by atoms with Crippen LogP contribution >= 0.6 is 22.7 Å². The van der Waals surface area contributed by atoms with Crippen LogP contribution in [0.15, 0.2) is 160 Å². The SMILES string of the molecule is C=CC(C=C)OC(=O)CCCCC1(CCCCC(=O)OC(C=C)C=C)c2cc(-c3ccc(-c4ccc(C)cc4)s3)ccc2-c2ccc(-c3ccc(-c4ccc(OCCCCCCCC)cc4)s3)cc21. The molecule has 0 N–H and O–H groups in total. The van der Waals surface area contributed by atoms with Gasteiger partial charge >= 0.3 is 11.9 Å². The average Bonchev–Trinajstić information content (AvgIpc) is 4.14. The maximum Gasteiger partial charge on any atom is 0.306 e. The van der Waals surface area contributed by atoms with E-state index in [0.717, 1.165) is 44.5 Å². The first-order valence-corrected chi connectivity index (χ1v) is 26.5. The van der Waals surface area contributed by atoms with Gasteiger partial charge in [-0.1, -0.05) is 132 Å². The van der Waals surface area contributed by atoms with Crippen LogP contribution < -0.4 is 4.74 Å². The highest BCUT2D eigenvalue weighted by atomic mass is 32.1. The van der Waals surface area contributed by atoms with Gasteiger partial charge in [0.25, 0.3) is 0 Å². The van der Waals surface area contributed by atoms with E-state index in [0.29, 0.717) is 25.7 Å². The van der Waals surface area contributed by atoms with Gasteiger partial charge in [-0.3, -0.25) is 9.59 Å². The summed E-state index contributed by atoms with van der Waals surface area (Å²) in [5.74, 6) is 0.400. The lowest BCUT2D eigenvalue weighted by Gasteiger charge is -2.33. The lowest BCUT2D eigenvalue weighted by atomic mass is 9.70. The average molecular weight is 957 g/mol. The van der Waals surface area contributed by atoms with E-state index in [4.69, 9.17) is 14.2 Å². The molecule has 0 bridgehead atoms. The largest absolute Gasteiger partial charge is 0.494 e. The monoisotopic (exact) mass is 956 g/mol. The molecule has 0 atom stereocenters. The second kappa shape index (κ2) is 25.0. The number of benzene rings is 4. The molecule has 0 saturated heterocycles. The van der Waals surface area contributed by atoms with Crippen molar-refractivity contribution in [3.05, 3.63) is 177 Å². The fourth-order valence-corrected chi connectivity index (χ4v) is 11.5. The van der Waals surface area contributed by atoms with E-state index in [1.54, 1.807) is 35.6 Å². The Hall–Kier alpha value is -6.02. The van der Waals surface area contributed by atoms with Crippen molar-refractivity contribution < 1.29 is 23.8 Å². The van der Waals surface area contributed by atoms with Crippen molar-refractivity contribution in [1.82, 2.24) is 0 Å². The third-order valence-electron chi connectivity index (χ3n) is 13.3. The summed E-state index contributed by atoms with van der Waals surface area (Å²) in [6.45, 7) is 20.2. The van der Waals surface area contributed by atoms with Crippen molar-refractivity contribution in [2.24, 2.45) is 0 Å². The Balaban J connectivity index is 1.20. The number of hydrogen-bond acceptors (Lipinski definition) is 7. The molecule has 0 amide bonds. The number of aryl methyl sites for hydroxylation is 1. The first-order valence-electron chi connectivity index (χ1n) is 24.9. The molecular formula is C62H68O5S2. The predicted octanol–water partition coefficient (Wildman–Crippen LogP) is 17.5. The summed E-state index contributed by atoms with van der Waals surface area (Å²) in [7, 11) is 0. The molecule has 0 aliphatic heterocycles. The lowest BCUT2D eigenvalue weighted by Crippen LogP contribution is -2.26. The zero-order valence-corrected chi connectivity index (χ0v) is 42.3. The van der Waals surface area contributed by atoms with E-state index < -0.39 is 12.2 Å². The van der Waals surface area contributed by atoms with Crippen LogP contribution in [0, 0.1) is 6.92 Å². The molecule has 0 unspecified atom stereocenters. The van der Waals surface area contributed by atoms with Gasteiger partial charge in [0.15, 0.2) is 0 Å². The van der Waals surface area contributed by atoms with Gasteiger partial charge in [-0.15, -0.1) is 22.7 Å². The molecule has 2 aromatic heterocycles. The third kappa shape index (κ3) is 13.0. The first-order chi connectivity index (χ1) is 33.7. The van der Waals surface area contributed by atoms with E-state index in [9.17, 15) is 9.59 Å². The fourth-order valence-electron chi connectivity index (χ4n) is 9.47. The van der Waals surface area contributed by atoms with E-state index in [2.05, 4.69) is 149 Å². The number of esters is 2. The molecule has 4 aromatic carbocycles. The van der Waals surface area contributed by atoms with Gasteiger partial charge in [-0.2, -0.15) is 0 Å². The van der Waals surface area contributed by atoms with Crippen molar-refractivity contribution in [2.45, 2.75) is 121 Å². The van der Waals surface area contributed by atoms with Crippen LogP contribution in [-0.2, 0) is 24.5 Å². The molecule has 6 aromatic rings. The minimum absolute atomic E-state index is 0.257. The van der Waals surface area contributed by atoms with Gasteiger partial charge in [0.2, 0.25) is 0 Å². The Kier molecular flexibility index (Phi) is 18.4. The Morgan fingerprint density at radius 2 is 0.942 bits per heavy atom. The lowest BCUT2D eigenvalue weighted by molar-refractivity contribution is -0.146. The quantitative estimate of drug-likeness (QED) is 0.0279. The van der Waals surface area contributed by atoms with Crippen molar-refractivity contribution in [3.8, 4) is 58.6 Å². The molecule has 0 fully saturated rings. The molecule has 7 rings (SSSR count). The van der Waals surface area contributed by atoms with E-state index in [-0.39, 0.29) is 17.4 Å². The number of unbranched alkanes of at least 4 members (excludes halogenated alkanes) is 7. The number of rotatable bonds is 28. The van der Waals surface area contributed by atoms with Crippen molar-refractivity contribution in [3.63, 3.8) is 0 Å². The molecule has 2 heterocycles. The zero-order chi connectivity index (χ0) is 48.6. The standard InChI is InChI=1S/C62H68O5S2/c1-7-12-13-14-15-20-41-65-51-31-27-46(28-32-51)57-36-38-59(69-57)48-30-34-53-52-33-29-47(58-37-35-56(68-58)45-25-23-44(6)24-26-45)42-54(52)62(55(53)43-48,39-18-16-21-60(63)66-49(8-2)9-3)40-19-17-22-61(64)67-50(10-4)11-5/h8-11,23-38,42-43,49-50H,2-5,7,12-22,39-41H2,1,6H3. The van der Waals surface area contributed by atoms with Crippen molar-refractivity contribution in [1.29, 1.82) is 0 Å². The molecule has 1 aliphatic carbocycles. The van der Waals surface area contributed by atoms with Crippen LogP contribution in [0.25, 0.3) is 52.9 Å². The number of fused-ring (bicyclic) bond motifs is 3. The minimum atomic E-state index is -0.510. The van der Waals surface area contributed by atoms with Crippen LogP contribution in [0.5, 0.6) is 5.75 Å². The molecular weight excluding hydrogens is 889 g/mol. The predicted molar refractivity (Wildman–Crippen MR) is 291 cm³/mol. The highest BCUT2D eigenvalue weighted by Gasteiger charge is 2.43. The molecule has 1 aliphatic rings. The van der Waals surface area contributed by atoms with Gasteiger partial charge in [-0.05, 0) is 169 Å². The summed E-state index contributed by atoms with van der Waals surface area (Å²) in [4.78, 5) is 30.8. The molecule has 0 saturated carbocycles. The van der Waals surface area contributed by atoms with E-state index in [1.165, 1.54) is 102 Å². The van der Waals surface area contributed by atoms with E-state index in [1.807, 2.05) is 11.3 Å². The number of carbonyl (C=O) groups excluding carboxylic acids is 2. The van der Waals surface area contributed by atoms with Crippen LogP contribution in [-0.4, -0.2) is 30.8 Å². The smallest absolute Gasteiger partial charge is 0.306 e. The van der Waals surface area contributed by atoms with Gasteiger partial charge in [-0.25, -0.2) is 0 Å². The third-order valence-corrected chi connectivity index (χ3v) is 15.7. The summed E-state index contributed by atoms with van der Waals surface area (Å²) in [5.41, 5.74) is 10.7. The molecule has 5 nitrogen and oxygen atoms in total. The van der Waals surface area contributed by atoms with Gasteiger partial charge < -0.3 is 14.2 Å². The molecule has 0 spiro atoms. The number of hydrogen-bond donors (Lipinski definition) is 0. The fraction of sp³-hybridized carbons (Fsp3) is 0.323. The topological polar surface area (TPSA) is 61.8 Å². The Bertz CT molecular complexity index is 2620. The second-order valence-electron chi connectivity index (χ2n) is 18.2. The zero-order valence-electron chi connectivity index (χ0n) is 40.6. The van der Waals surface area contributed by atoms with Crippen molar-refractivity contribution in [2.75, 3.05) is 6.61 Å². The van der Waals surface area contributed by atoms with Crippen LogP contribution in [0.2, 0.25) is 0 Å². The number of ether oxygens (including phenoxy) is 3. The Labute approximate surface area is 419 Å². The van der Waals surface area contributed by atoms with Crippen LogP contribution in [0.1, 0.15) is 114 Å². The highest BCUT2D eigenvalue weighted by Crippen LogP contribution is 2.56. The first kappa shape index (κ1) is 50.8. The van der Waals surface area contributed by atoms with E-state index >= 15 is 0 Å². The molecule has 0 radical (unpaired) electrons. The molecule has 69 heavy (non-hydrogen) atoms. The van der Waals surface area contributed by atoms with Gasteiger partial charge in [0.1, 0.15) is 18.0 Å². The molecule has 7 heteroatoms. The van der Waals surface area contributed by atoms with Gasteiger partial charge in [0, 0.05) is 37.8 Å². The summed E-state index contributed by atoms with van der Waals surface area (Å²) in [6.07, 6.45) is 18.0. The maximum absolute atomic E-state index is 13.0.